The van der Waals surface area contributed by atoms with Crippen molar-refractivity contribution in [2.45, 2.75) is 27.2 Å². The molecular weight excluding hydrogens is 252 g/mol. The van der Waals surface area contributed by atoms with Gasteiger partial charge >= 0.3 is 0 Å². The maximum Gasteiger partial charge on any atom is 0.255 e. The first-order valence-electron chi connectivity index (χ1n) is 6.64. The molecule has 0 saturated heterocycles. The van der Waals surface area contributed by atoms with Gasteiger partial charge in [-0.1, -0.05) is 32.6 Å². The minimum absolute atomic E-state index is 0.0351. The fourth-order valence-electron chi connectivity index (χ4n) is 1.85. The molecule has 108 valence electrons. The van der Waals surface area contributed by atoms with Gasteiger partial charge in [0.25, 0.3) is 5.91 Å². The predicted octanol–water partition coefficient (Wildman–Crippen LogP) is 1.93. The summed E-state index contributed by atoms with van der Waals surface area (Å²) in [6, 6.07) is 1.73. The predicted molar refractivity (Wildman–Crippen MR) is 79.2 cm³/mol. The smallest absolute Gasteiger partial charge is 0.255 e. The molecule has 0 unspecified atom stereocenters. The van der Waals surface area contributed by atoms with E-state index in [1.54, 1.807) is 30.4 Å². The van der Waals surface area contributed by atoms with Crippen LogP contribution in [0.4, 0.5) is 0 Å². The van der Waals surface area contributed by atoms with Crippen LogP contribution >= 0.6 is 0 Å². The Morgan fingerprint density at radius 3 is 2.70 bits per heavy atom. The van der Waals surface area contributed by atoms with Gasteiger partial charge in [0.15, 0.2) is 0 Å². The lowest BCUT2D eigenvalue weighted by molar-refractivity contribution is 0.0745. The van der Waals surface area contributed by atoms with Crippen molar-refractivity contribution >= 4 is 5.91 Å². The molecular formula is C16H22N2O2. The zero-order valence-electron chi connectivity index (χ0n) is 12.6. The van der Waals surface area contributed by atoms with E-state index in [0.29, 0.717) is 24.1 Å². The molecule has 1 rings (SSSR count). The highest BCUT2D eigenvalue weighted by atomic mass is 16.2. The van der Waals surface area contributed by atoms with Gasteiger partial charge < -0.3 is 10.0 Å². The van der Waals surface area contributed by atoms with Crippen molar-refractivity contribution in [3.8, 4) is 11.8 Å². The third-order valence-electron chi connectivity index (χ3n) is 2.51. The van der Waals surface area contributed by atoms with Crippen molar-refractivity contribution in [3.63, 3.8) is 0 Å². The number of hydrogen-bond acceptors (Lipinski definition) is 3. The molecule has 0 aliphatic heterocycles. The maximum absolute atomic E-state index is 12.3. The molecule has 0 aromatic carbocycles. The summed E-state index contributed by atoms with van der Waals surface area (Å²) in [6.45, 7) is 6.98. The molecule has 4 heteroatoms. The quantitative estimate of drug-likeness (QED) is 0.857. The van der Waals surface area contributed by atoms with Crippen LogP contribution in [0.25, 0.3) is 0 Å². The third-order valence-corrected chi connectivity index (χ3v) is 2.51. The van der Waals surface area contributed by atoms with Gasteiger partial charge in [-0.05, 0) is 11.5 Å². The molecule has 0 spiro atoms. The molecule has 0 fully saturated rings. The van der Waals surface area contributed by atoms with E-state index in [9.17, 15) is 4.79 Å². The summed E-state index contributed by atoms with van der Waals surface area (Å²) in [7, 11) is 1.79. The Kier molecular flexibility index (Phi) is 5.72. The average molecular weight is 274 g/mol. The molecule has 0 bridgehead atoms. The van der Waals surface area contributed by atoms with Gasteiger partial charge in [0, 0.05) is 38.0 Å². The zero-order chi connectivity index (χ0) is 15.2. The summed E-state index contributed by atoms with van der Waals surface area (Å²) in [5, 5.41) is 8.69. The number of aliphatic hydroxyl groups is 1. The number of pyridine rings is 1. The average Bonchev–Trinajstić information content (AvgIpc) is 2.36. The first-order chi connectivity index (χ1) is 9.33. The van der Waals surface area contributed by atoms with E-state index in [2.05, 4.69) is 37.6 Å². The Bertz CT molecular complexity index is 521. The number of nitrogens with zero attached hydrogens (tertiary/aromatic N) is 2. The minimum atomic E-state index is -0.0572. The summed E-state index contributed by atoms with van der Waals surface area (Å²) >= 11 is 0. The molecule has 0 radical (unpaired) electrons. The third kappa shape index (κ3) is 5.41. The number of rotatable bonds is 3. The molecule has 20 heavy (non-hydrogen) atoms. The summed E-state index contributed by atoms with van der Waals surface area (Å²) in [4.78, 5) is 18.0. The molecule has 4 nitrogen and oxygen atoms in total. The SMILES string of the molecule is CN(CC(C)(C)C)C(=O)c1cncc(C#CCCO)c1. The fraction of sp³-hybridized carbons (Fsp3) is 0.500. The number of aromatic nitrogens is 1. The first kappa shape index (κ1) is 16.2. The molecule has 0 saturated carbocycles. The van der Waals surface area contributed by atoms with Crippen molar-refractivity contribution in [2.24, 2.45) is 5.41 Å². The first-order valence-corrected chi connectivity index (χ1v) is 6.64. The lowest BCUT2D eigenvalue weighted by Gasteiger charge is -2.26. The highest BCUT2D eigenvalue weighted by Crippen LogP contribution is 2.16. The van der Waals surface area contributed by atoms with Crippen LogP contribution in [0, 0.1) is 17.3 Å². The second kappa shape index (κ2) is 7.06. The van der Waals surface area contributed by atoms with E-state index in [-0.39, 0.29) is 17.9 Å². The van der Waals surface area contributed by atoms with Crippen LogP contribution in [0.3, 0.4) is 0 Å². The van der Waals surface area contributed by atoms with Crippen LogP contribution in [0.2, 0.25) is 0 Å². The second-order valence-corrected chi connectivity index (χ2v) is 5.96. The number of amides is 1. The van der Waals surface area contributed by atoms with Crippen molar-refractivity contribution in [2.75, 3.05) is 20.2 Å². The van der Waals surface area contributed by atoms with Crippen LogP contribution in [-0.4, -0.2) is 41.1 Å². The Morgan fingerprint density at radius 1 is 1.40 bits per heavy atom. The fourth-order valence-corrected chi connectivity index (χ4v) is 1.85. The van der Waals surface area contributed by atoms with Gasteiger partial charge in [-0.25, -0.2) is 0 Å². The second-order valence-electron chi connectivity index (χ2n) is 5.96. The summed E-state index contributed by atoms with van der Waals surface area (Å²) in [5.41, 5.74) is 1.28. The van der Waals surface area contributed by atoms with Gasteiger partial charge in [0.2, 0.25) is 0 Å². The topological polar surface area (TPSA) is 53.4 Å². The lowest BCUT2D eigenvalue weighted by atomic mass is 9.96. The van der Waals surface area contributed by atoms with Crippen LogP contribution in [0.15, 0.2) is 18.5 Å². The van der Waals surface area contributed by atoms with E-state index >= 15 is 0 Å². The van der Waals surface area contributed by atoms with Crippen LogP contribution in [-0.2, 0) is 0 Å². The molecule has 1 aromatic heterocycles. The van der Waals surface area contributed by atoms with Crippen LogP contribution in [0.1, 0.15) is 43.1 Å². The maximum atomic E-state index is 12.3. The summed E-state index contributed by atoms with van der Waals surface area (Å²) in [6.07, 6.45) is 3.59. The lowest BCUT2D eigenvalue weighted by Crippen LogP contribution is -2.34. The standard InChI is InChI=1S/C16H22N2O2/c1-16(2,3)12-18(4)15(20)14-9-13(10-17-11-14)7-5-6-8-19/h9-11,19H,6,8,12H2,1-4H3. The Balaban J connectivity index is 2.84. The number of carbonyl (C=O) groups is 1. The van der Waals surface area contributed by atoms with Gasteiger partial charge in [-0.3, -0.25) is 9.78 Å². The highest BCUT2D eigenvalue weighted by molar-refractivity contribution is 5.94. The van der Waals surface area contributed by atoms with E-state index < -0.39 is 0 Å². The van der Waals surface area contributed by atoms with Crippen molar-refractivity contribution < 1.29 is 9.90 Å². The van der Waals surface area contributed by atoms with Gasteiger partial charge in [0.05, 0.1) is 12.2 Å². The molecule has 1 amide bonds. The van der Waals surface area contributed by atoms with Crippen LogP contribution < -0.4 is 0 Å². The number of hydrogen-bond donors (Lipinski definition) is 1. The Hall–Kier alpha value is -1.86. The minimum Gasteiger partial charge on any atom is -0.395 e. The molecule has 1 heterocycles. The van der Waals surface area contributed by atoms with Crippen molar-refractivity contribution in [1.29, 1.82) is 0 Å². The van der Waals surface area contributed by atoms with Crippen molar-refractivity contribution in [1.82, 2.24) is 9.88 Å². The van der Waals surface area contributed by atoms with E-state index in [0.717, 1.165) is 0 Å². The van der Waals surface area contributed by atoms with Crippen molar-refractivity contribution in [3.05, 3.63) is 29.6 Å². The molecule has 1 N–H and O–H groups in total. The van der Waals surface area contributed by atoms with Gasteiger partial charge in [-0.2, -0.15) is 0 Å². The molecule has 0 aliphatic carbocycles. The van der Waals surface area contributed by atoms with E-state index in [1.165, 1.54) is 0 Å². The number of aliphatic hydroxyl groups excluding tert-OH is 1. The summed E-state index contributed by atoms with van der Waals surface area (Å²) in [5.74, 6) is 5.65. The molecule has 0 aliphatic rings. The Labute approximate surface area is 120 Å². The van der Waals surface area contributed by atoms with E-state index in [4.69, 9.17) is 5.11 Å². The summed E-state index contributed by atoms with van der Waals surface area (Å²) < 4.78 is 0. The van der Waals surface area contributed by atoms with Gasteiger partial charge in [-0.15, -0.1) is 0 Å². The molecule has 0 atom stereocenters. The monoisotopic (exact) mass is 274 g/mol. The van der Waals surface area contributed by atoms with Crippen LogP contribution in [0.5, 0.6) is 0 Å². The number of carbonyl (C=O) groups excluding carboxylic acids is 1. The Morgan fingerprint density at radius 2 is 2.10 bits per heavy atom. The molecule has 1 aromatic rings. The highest BCUT2D eigenvalue weighted by Gasteiger charge is 2.19. The van der Waals surface area contributed by atoms with Gasteiger partial charge in [0.1, 0.15) is 0 Å². The normalized spacial score (nSPS) is 10.7. The zero-order valence-corrected chi connectivity index (χ0v) is 12.6. The largest absolute Gasteiger partial charge is 0.395 e. The van der Waals surface area contributed by atoms with E-state index in [1.807, 2.05) is 0 Å².